The maximum atomic E-state index is 8.06. The summed E-state index contributed by atoms with van der Waals surface area (Å²) in [7, 11) is 3.21. The second-order valence-corrected chi connectivity index (χ2v) is 1.17. The SMILES string of the molecule is [CH2-]CNC(=N[CH2-])NC#N.[CH3-].[Y].[Y].[Y].[Y]. The molecule has 14 heavy (non-hydrogen) atoms. The molecule has 0 bridgehead atoms. The molecular weight excluding hydrogens is 484 g/mol. The molecule has 0 aromatic rings. The number of guanidine groups is 1. The second-order valence-electron chi connectivity index (χ2n) is 1.17. The Morgan fingerprint density at radius 2 is 1.71 bits per heavy atom. The summed E-state index contributed by atoms with van der Waals surface area (Å²) in [5, 5.41) is 13.0. The van der Waals surface area contributed by atoms with Gasteiger partial charge in [-0.05, 0) is 0 Å². The minimum atomic E-state index is 0. The summed E-state index contributed by atoms with van der Waals surface area (Å²) in [6.07, 6.45) is 1.69. The van der Waals surface area contributed by atoms with Crippen LogP contribution in [-0.2, 0) is 131 Å². The molecule has 4 radical (unpaired) electrons. The fourth-order valence-electron chi connectivity index (χ4n) is 0.311. The van der Waals surface area contributed by atoms with Gasteiger partial charge in [0, 0.05) is 137 Å². The van der Waals surface area contributed by atoms with Crippen molar-refractivity contribution < 1.29 is 131 Å². The zero-order chi connectivity index (χ0) is 7.11. The number of hydrogen-bond acceptors (Lipinski definition) is 2. The monoisotopic (exact) mass is 495 g/mol. The quantitative estimate of drug-likeness (QED) is 0.178. The topological polar surface area (TPSA) is 60.2 Å². The third kappa shape index (κ3) is 24.3. The molecule has 0 aliphatic heterocycles. The van der Waals surface area contributed by atoms with Gasteiger partial charge in [-0.15, -0.1) is 6.54 Å². The van der Waals surface area contributed by atoms with E-state index < -0.39 is 0 Å². The first-order valence-corrected chi connectivity index (χ1v) is 2.37. The van der Waals surface area contributed by atoms with Gasteiger partial charge in [0.2, 0.25) is 0 Å². The van der Waals surface area contributed by atoms with Crippen molar-refractivity contribution in [1.29, 1.82) is 5.26 Å². The molecule has 4 nitrogen and oxygen atoms in total. The van der Waals surface area contributed by atoms with Crippen molar-refractivity contribution in [3.05, 3.63) is 21.4 Å². The molecule has 0 rings (SSSR count). The van der Waals surface area contributed by atoms with Gasteiger partial charge in [0.1, 0.15) is 0 Å². The fraction of sp³-hybridized carbons (Fsp3) is 0.167. The van der Waals surface area contributed by atoms with Crippen molar-refractivity contribution in [3.63, 3.8) is 0 Å². The van der Waals surface area contributed by atoms with Crippen molar-refractivity contribution in [2.24, 2.45) is 4.99 Å². The van der Waals surface area contributed by atoms with Crippen molar-refractivity contribution >= 4 is 5.96 Å². The molecular formula is C6H11N4Y4-3. The van der Waals surface area contributed by atoms with Crippen molar-refractivity contribution in [2.75, 3.05) is 6.54 Å². The van der Waals surface area contributed by atoms with E-state index in [1.807, 2.05) is 0 Å². The van der Waals surface area contributed by atoms with Crippen LogP contribution in [0.5, 0.6) is 0 Å². The standard InChI is InChI=1S/C5H8N4.CH3.4Y/c1-3-8-5(7-2)9-4-6;;;;;/h1-3H2,(H2,7,8,9);1H3;;;;/q-2;-1;;;;. The third-order valence-electron chi connectivity index (χ3n) is 0.625. The first kappa shape index (κ1) is 36.0. The summed E-state index contributed by atoms with van der Waals surface area (Å²) >= 11 is 0. The Kier molecular flexibility index (Phi) is 76.5. The molecule has 0 saturated heterocycles. The average molecular weight is 495 g/mol. The van der Waals surface area contributed by atoms with E-state index in [0.717, 1.165) is 0 Å². The minimum absolute atomic E-state index is 0. The fourth-order valence-corrected chi connectivity index (χ4v) is 0.311. The van der Waals surface area contributed by atoms with E-state index in [9.17, 15) is 0 Å². The Labute approximate surface area is 187 Å². The molecule has 0 aromatic carbocycles. The van der Waals surface area contributed by atoms with Gasteiger partial charge >= 0.3 is 0 Å². The van der Waals surface area contributed by atoms with Crippen LogP contribution in [0.4, 0.5) is 0 Å². The normalized spacial score (nSPS) is 6.43. The number of aliphatic imine (C=N–C) groups is 1. The Hall–Kier alpha value is 3.05. The van der Waals surface area contributed by atoms with Gasteiger partial charge in [0.05, 0.1) is 0 Å². The average Bonchev–Trinajstić information content (AvgIpc) is 1.88. The molecule has 0 atom stereocenters. The summed E-state index contributed by atoms with van der Waals surface area (Å²) < 4.78 is 0. The Balaban J connectivity index is -0.0000000320. The molecule has 70 valence electrons. The predicted molar refractivity (Wildman–Crippen MR) is 41.3 cm³/mol. The zero-order valence-electron chi connectivity index (χ0n) is 8.33. The summed E-state index contributed by atoms with van der Waals surface area (Å²) in [6.45, 7) is 3.96. The number of nitrogens with zero attached hydrogens (tertiary/aromatic N) is 2. The number of rotatable bonds is 1. The molecule has 0 unspecified atom stereocenters. The largest absolute Gasteiger partial charge is 0.461 e. The molecule has 0 amide bonds. The van der Waals surface area contributed by atoms with E-state index in [-0.39, 0.29) is 138 Å². The van der Waals surface area contributed by atoms with Crippen LogP contribution in [0.3, 0.4) is 0 Å². The van der Waals surface area contributed by atoms with Crippen molar-refractivity contribution in [1.82, 2.24) is 10.6 Å². The molecule has 0 aliphatic rings. The van der Waals surface area contributed by atoms with Gasteiger partial charge in [-0.3, -0.25) is 0 Å². The van der Waals surface area contributed by atoms with Gasteiger partial charge < -0.3 is 30.0 Å². The van der Waals surface area contributed by atoms with Crippen molar-refractivity contribution in [3.8, 4) is 6.19 Å². The van der Waals surface area contributed by atoms with Gasteiger partial charge in [-0.25, -0.2) is 0 Å². The molecule has 2 N–H and O–H groups in total. The summed E-state index contributed by atoms with van der Waals surface area (Å²) in [6, 6.07) is 0. The van der Waals surface area contributed by atoms with Gasteiger partial charge in [0.25, 0.3) is 0 Å². The zero-order valence-corrected chi connectivity index (χ0v) is 19.7. The van der Waals surface area contributed by atoms with E-state index in [4.69, 9.17) is 5.26 Å². The van der Waals surface area contributed by atoms with E-state index in [1.165, 1.54) is 0 Å². The maximum absolute atomic E-state index is 8.06. The molecule has 0 spiro atoms. The van der Waals surface area contributed by atoms with Crippen molar-refractivity contribution in [2.45, 2.75) is 0 Å². The summed E-state index contributed by atoms with van der Waals surface area (Å²) in [5.41, 5.74) is 0. The van der Waals surface area contributed by atoms with E-state index in [2.05, 4.69) is 29.6 Å². The first-order valence-electron chi connectivity index (χ1n) is 2.37. The number of hydrogen-bond donors (Lipinski definition) is 2. The van der Waals surface area contributed by atoms with Gasteiger partial charge in [0.15, 0.2) is 6.19 Å². The van der Waals surface area contributed by atoms with Gasteiger partial charge in [-0.2, -0.15) is 12.3 Å². The molecule has 0 saturated carbocycles. The van der Waals surface area contributed by atoms with Crippen LogP contribution in [0.15, 0.2) is 4.99 Å². The van der Waals surface area contributed by atoms with Crippen LogP contribution < -0.4 is 10.6 Å². The number of nitrogens with one attached hydrogen (secondary N) is 2. The third-order valence-corrected chi connectivity index (χ3v) is 0.625. The molecule has 0 heterocycles. The van der Waals surface area contributed by atoms with Crippen LogP contribution in [-0.4, -0.2) is 12.5 Å². The molecule has 0 aliphatic carbocycles. The second kappa shape index (κ2) is 29.8. The van der Waals surface area contributed by atoms with E-state index in [0.29, 0.717) is 12.5 Å². The minimum Gasteiger partial charge on any atom is -0.461 e. The molecule has 8 heteroatoms. The van der Waals surface area contributed by atoms with Gasteiger partial charge in [-0.1, -0.05) is 0 Å². The predicted octanol–water partition coefficient (Wildman–Crippen LogP) is 0.0687. The van der Waals surface area contributed by atoms with Crippen LogP contribution in [0.1, 0.15) is 0 Å². The van der Waals surface area contributed by atoms with Crippen LogP contribution in [0.25, 0.3) is 0 Å². The maximum Gasteiger partial charge on any atom is 0.166 e. The van der Waals surface area contributed by atoms with E-state index >= 15 is 0 Å². The van der Waals surface area contributed by atoms with Crippen LogP contribution in [0, 0.1) is 32.9 Å². The smallest absolute Gasteiger partial charge is 0.166 e. The Bertz CT molecular complexity index is 145. The molecule has 0 aromatic heterocycles. The summed E-state index contributed by atoms with van der Waals surface area (Å²) in [5.74, 6) is 0.340. The Morgan fingerprint density at radius 1 is 1.29 bits per heavy atom. The van der Waals surface area contributed by atoms with Crippen LogP contribution in [0.2, 0.25) is 0 Å². The Morgan fingerprint density at radius 3 is 1.93 bits per heavy atom. The number of nitriles is 1. The molecule has 0 fully saturated rings. The first-order chi connectivity index (χ1) is 4.35. The van der Waals surface area contributed by atoms with Crippen LogP contribution >= 0.6 is 0 Å². The van der Waals surface area contributed by atoms with E-state index in [1.54, 1.807) is 6.19 Å². The summed E-state index contributed by atoms with van der Waals surface area (Å²) in [4.78, 5) is 3.45.